The third-order valence-electron chi connectivity index (χ3n) is 2.37. The SMILES string of the molecule is O=C(Nc1cc(I)ccc1Cl)c1cccc(Cl)c1Cl. The quantitative estimate of drug-likeness (QED) is 0.631. The minimum absolute atomic E-state index is 0.225. The van der Waals surface area contributed by atoms with Gasteiger partial charge in [-0.25, -0.2) is 0 Å². The molecule has 1 amide bonds. The molecule has 2 aromatic rings. The summed E-state index contributed by atoms with van der Waals surface area (Å²) in [6.45, 7) is 0. The van der Waals surface area contributed by atoms with Crippen molar-refractivity contribution in [2.45, 2.75) is 0 Å². The highest BCUT2D eigenvalue weighted by atomic mass is 127. The molecule has 0 saturated heterocycles. The predicted octanol–water partition coefficient (Wildman–Crippen LogP) is 5.50. The second-order valence-electron chi connectivity index (χ2n) is 3.68. The Morgan fingerprint density at radius 1 is 1.05 bits per heavy atom. The summed E-state index contributed by atoms with van der Waals surface area (Å²) in [6.07, 6.45) is 0. The highest BCUT2D eigenvalue weighted by Crippen LogP contribution is 2.28. The Bertz CT molecular complexity index is 646. The maximum Gasteiger partial charge on any atom is 0.257 e. The van der Waals surface area contributed by atoms with Crippen molar-refractivity contribution in [2.75, 3.05) is 5.32 Å². The van der Waals surface area contributed by atoms with E-state index in [9.17, 15) is 4.79 Å². The van der Waals surface area contributed by atoms with E-state index < -0.39 is 0 Å². The third kappa shape index (κ3) is 3.54. The summed E-state index contributed by atoms with van der Waals surface area (Å²) in [4.78, 5) is 12.1. The number of amides is 1. The lowest BCUT2D eigenvalue weighted by atomic mass is 10.2. The maximum atomic E-state index is 12.1. The van der Waals surface area contributed by atoms with Crippen molar-refractivity contribution in [2.24, 2.45) is 0 Å². The summed E-state index contributed by atoms with van der Waals surface area (Å²) in [5.74, 6) is -0.351. The van der Waals surface area contributed by atoms with Gasteiger partial charge in [0.25, 0.3) is 5.91 Å². The van der Waals surface area contributed by atoms with Gasteiger partial charge in [-0.3, -0.25) is 4.79 Å². The molecule has 0 atom stereocenters. The molecule has 0 aromatic heterocycles. The molecule has 0 saturated carbocycles. The fourth-order valence-electron chi connectivity index (χ4n) is 1.46. The number of carbonyl (C=O) groups excluding carboxylic acids is 1. The highest BCUT2D eigenvalue weighted by Gasteiger charge is 2.14. The van der Waals surface area contributed by atoms with Crippen LogP contribution >= 0.6 is 57.4 Å². The van der Waals surface area contributed by atoms with Crippen molar-refractivity contribution in [1.82, 2.24) is 0 Å². The molecular formula is C13H7Cl3INO. The monoisotopic (exact) mass is 425 g/mol. The van der Waals surface area contributed by atoms with Crippen LogP contribution < -0.4 is 5.32 Å². The van der Waals surface area contributed by atoms with E-state index in [1.165, 1.54) is 0 Å². The molecule has 0 spiro atoms. The predicted molar refractivity (Wildman–Crippen MR) is 88.6 cm³/mol. The van der Waals surface area contributed by atoms with Gasteiger partial charge in [0.05, 0.1) is 26.3 Å². The zero-order chi connectivity index (χ0) is 14.0. The van der Waals surface area contributed by atoms with E-state index in [0.29, 0.717) is 21.3 Å². The number of rotatable bonds is 2. The first-order chi connectivity index (χ1) is 8.99. The summed E-state index contributed by atoms with van der Waals surface area (Å²) in [5.41, 5.74) is 0.846. The lowest BCUT2D eigenvalue weighted by Crippen LogP contribution is -2.13. The average Bonchev–Trinajstić information content (AvgIpc) is 2.37. The van der Waals surface area contributed by atoms with Crippen LogP contribution in [0.1, 0.15) is 10.4 Å². The first-order valence-corrected chi connectivity index (χ1v) is 7.40. The average molecular weight is 426 g/mol. The number of benzene rings is 2. The van der Waals surface area contributed by atoms with Crippen LogP contribution in [-0.4, -0.2) is 5.91 Å². The van der Waals surface area contributed by atoms with Crippen molar-refractivity contribution in [3.05, 3.63) is 60.6 Å². The molecule has 0 radical (unpaired) electrons. The van der Waals surface area contributed by atoms with Crippen LogP contribution in [0.15, 0.2) is 36.4 Å². The van der Waals surface area contributed by atoms with Crippen LogP contribution in [0, 0.1) is 3.57 Å². The van der Waals surface area contributed by atoms with Crippen LogP contribution in [0.5, 0.6) is 0 Å². The van der Waals surface area contributed by atoms with Gasteiger partial charge < -0.3 is 5.32 Å². The number of carbonyl (C=O) groups is 1. The molecule has 0 aliphatic carbocycles. The Labute approximate surface area is 139 Å². The second kappa shape index (κ2) is 6.31. The van der Waals surface area contributed by atoms with Gasteiger partial charge in [-0.05, 0) is 52.9 Å². The Kier molecular flexibility index (Phi) is 4.95. The van der Waals surface area contributed by atoms with Gasteiger partial charge in [0, 0.05) is 3.57 Å². The molecule has 1 N–H and O–H groups in total. The minimum atomic E-state index is -0.351. The zero-order valence-electron chi connectivity index (χ0n) is 9.38. The number of nitrogens with one attached hydrogen (secondary N) is 1. The molecule has 2 rings (SSSR count). The van der Waals surface area contributed by atoms with Gasteiger partial charge in [-0.15, -0.1) is 0 Å². The standard InChI is InChI=1S/C13H7Cl3INO/c14-9-5-4-7(17)6-11(9)18-13(19)8-2-1-3-10(15)12(8)16/h1-6H,(H,18,19). The summed E-state index contributed by atoms with van der Waals surface area (Å²) in [6, 6.07) is 10.2. The lowest BCUT2D eigenvalue weighted by Gasteiger charge is -2.09. The Morgan fingerprint density at radius 3 is 2.53 bits per heavy atom. The van der Waals surface area contributed by atoms with Crippen molar-refractivity contribution in [3.8, 4) is 0 Å². The van der Waals surface area contributed by atoms with E-state index in [0.717, 1.165) is 3.57 Å². The van der Waals surface area contributed by atoms with Crippen molar-refractivity contribution >= 4 is 69.0 Å². The van der Waals surface area contributed by atoms with Crippen molar-refractivity contribution < 1.29 is 4.79 Å². The van der Waals surface area contributed by atoms with E-state index in [2.05, 4.69) is 27.9 Å². The van der Waals surface area contributed by atoms with Gasteiger partial charge in [0.2, 0.25) is 0 Å². The molecule has 0 unspecified atom stereocenters. The lowest BCUT2D eigenvalue weighted by molar-refractivity contribution is 0.102. The molecule has 0 bridgehead atoms. The molecule has 0 heterocycles. The molecule has 0 fully saturated rings. The molecule has 19 heavy (non-hydrogen) atoms. The highest BCUT2D eigenvalue weighted by molar-refractivity contribution is 14.1. The summed E-state index contributed by atoms with van der Waals surface area (Å²) in [5, 5.41) is 3.74. The first kappa shape index (κ1) is 14.9. The molecule has 98 valence electrons. The summed E-state index contributed by atoms with van der Waals surface area (Å²) < 4.78 is 0.967. The van der Waals surface area contributed by atoms with Crippen LogP contribution in [0.25, 0.3) is 0 Å². The molecule has 0 aliphatic rings. The minimum Gasteiger partial charge on any atom is -0.321 e. The fourth-order valence-corrected chi connectivity index (χ4v) is 2.50. The van der Waals surface area contributed by atoms with E-state index in [1.54, 1.807) is 30.3 Å². The summed E-state index contributed by atoms with van der Waals surface area (Å²) >= 11 is 20.0. The molecule has 6 heteroatoms. The van der Waals surface area contributed by atoms with Gasteiger partial charge in [-0.1, -0.05) is 40.9 Å². The largest absolute Gasteiger partial charge is 0.321 e. The van der Waals surface area contributed by atoms with Gasteiger partial charge in [-0.2, -0.15) is 0 Å². The van der Waals surface area contributed by atoms with E-state index in [1.807, 2.05) is 6.07 Å². The Hall–Kier alpha value is -0.490. The van der Waals surface area contributed by atoms with Gasteiger partial charge >= 0.3 is 0 Å². The number of anilines is 1. The van der Waals surface area contributed by atoms with Crippen LogP contribution in [0.2, 0.25) is 15.1 Å². The molecule has 2 aromatic carbocycles. The van der Waals surface area contributed by atoms with E-state index in [-0.39, 0.29) is 10.9 Å². The topological polar surface area (TPSA) is 29.1 Å². The molecular weight excluding hydrogens is 419 g/mol. The fraction of sp³-hybridized carbons (Fsp3) is 0. The number of halogens is 4. The normalized spacial score (nSPS) is 10.3. The Morgan fingerprint density at radius 2 is 1.79 bits per heavy atom. The number of hydrogen-bond acceptors (Lipinski definition) is 1. The smallest absolute Gasteiger partial charge is 0.257 e. The number of hydrogen-bond donors (Lipinski definition) is 1. The van der Waals surface area contributed by atoms with Crippen LogP contribution in [0.4, 0.5) is 5.69 Å². The Balaban J connectivity index is 2.31. The van der Waals surface area contributed by atoms with Gasteiger partial charge in [0.15, 0.2) is 0 Å². The van der Waals surface area contributed by atoms with Crippen LogP contribution in [-0.2, 0) is 0 Å². The second-order valence-corrected chi connectivity index (χ2v) is 6.12. The van der Waals surface area contributed by atoms with E-state index in [4.69, 9.17) is 34.8 Å². The summed E-state index contributed by atoms with van der Waals surface area (Å²) in [7, 11) is 0. The van der Waals surface area contributed by atoms with Crippen LogP contribution in [0.3, 0.4) is 0 Å². The zero-order valence-corrected chi connectivity index (χ0v) is 13.8. The molecule has 2 nitrogen and oxygen atoms in total. The molecule has 0 aliphatic heterocycles. The maximum absolute atomic E-state index is 12.1. The third-order valence-corrected chi connectivity index (χ3v) is 4.19. The van der Waals surface area contributed by atoms with Gasteiger partial charge in [0.1, 0.15) is 0 Å². The van der Waals surface area contributed by atoms with Crippen molar-refractivity contribution in [1.29, 1.82) is 0 Å². The first-order valence-electron chi connectivity index (χ1n) is 5.19. The van der Waals surface area contributed by atoms with Crippen molar-refractivity contribution in [3.63, 3.8) is 0 Å². The van der Waals surface area contributed by atoms with E-state index >= 15 is 0 Å².